The largest absolute Gasteiger partial charge is 0.417 e. The van der Waals surface area contributed by atoms with Crippen molar-refractivity contribution in [2.24, 2.45) is 7.05 Å². The number of nitrogens with two attached hydrogens (primary N) is 1. The Morgan fingerprint density at radius 2 is 1.77 bits per heavy atom. The zero-order valence-corrected chi connectivity index (χ0v) is 21.0. The van der Waals surface area contributed by atoms with Gasteiger partial charge in [-0.25, -0.2) is 9.97 Å². The minimum Gasteiger partial charge on any atom is -0.383 e. The molecule has 5 aromatic rings. The molecule has 1 aliphatic heterocycles. The molecule has 9 heteroatoms. The summed E-state index contributed by atoms with van der Waals surface area (Å²) in [5, 5.41) is 0.790. The molecule has 0 saturated carbocycles. The Kier molecular flexibility index (Phi) is 5.86. The monoisotopic (exact) mass is 527 g/mol. The number of aromatic nitrogens is 3. The number of alkyl halides is 3. The molecule has 3 heterocycles. The van der Waals surface area contributed by atoms with Gasteiger partial charge in [0.1, 0.15) is 17.8 Å². The van der Waals surface area contributed by atoms with E-state index >= 15 is 0 Å². The first-order chi connectivity index (χ1) is 18.7. The topological polar surface area (TPSA) is 77.0 Å². The molecule has 0 aliphatic carbocycles. The van der Waals surface area contributed by atoms with Crippen LogP contribution in [0.3, 0.4) is 0 Å². The number of nitrogen functional groups attached to an aromatic ring is 1. The number of benzene rings is 3. The average molecular weight is 528 g/mol. The highest BCUT2D eigenvalue weighted by molar-refractivity contribution is 6.02. The van der Waals surface area contributed by atoms with Gasteiger partial charge in [0.2, 0.25) is 5.91 Å². The molecule has 0 bridgehead atoms. The van der Waals surface area contributed by atoms with Crippen molar-refractivity contribution in [2.75, 3.05) is 17.2 Å². The van der Waals surface area contributed by atoms with Crippen LogP contribution in [0.1, 0.15) is 16.7 Å². The lowest BCUT2D eigenvalue weighted by atomic mass is 9.97. The van der Waals surface area contributed by atoms with Crippen molar-refractivity contribution < 1.29 is 18.0 Å². The number of nitrogens with zero attached hydrogens (tertiary/aromatic N) is 4. The maximum absolute atomic E-state index is 13.6. The van der Waals surface area contributed by atoms with Gasteiger partial charge in [-0.2, -0.15) is 13.2 Å². The second kappa shape index (κ2) is 9.27. The lowest BCUT2D eigenvalue weighted by molar-refractivity contribution is -0.137. The fourth-order valence-corrected chi connectivity index (χ4v) is 5.38. The summed E-state index contributed by atoms with van der Waals surface area (Å²) in [4.78, 5) is 23.6. The quantitative estimate of drug-likeness (QED) is 0.309. The Labute approximate surface area is 222 Å². The van der Waals surface area contributed by atoms with Crippen LogP contribution < -0.4 is 10.6 Å². The van der Waals surface area contributed by atoms with E-state index in [0.29, 0.717) is 29.9 Å². The smallest absolute Gasteiger partial charge is 0.383 e. The van der Waals surface area contributed by atoms with Gasteiger partial charge in [0, 0.05) is 31.0 Å². The summed E-state index contributed by atoms with van der Waals surface area (Å²) in [5.74, 6) is 0.304. The molecule has 196 valence electrons. The number of carbonyl (C=O) groups is 1. The second-order valence-corrected chi connectivity index (χ2v) is 9.67. The number of halogens is 3. The Morgan fingerprint density at radius 1 is 0.974 bits per heavy atom. The predicted octanol–water partition coefficient (Wildman–Crippen LogP) is 6.04. The molecule has 0 fully saturated rings. The van der Waals surface area contributed by atoms with Crippen molar-refractivity contribution in [1.82, 2.24) is 14.5 Å². The number of hydrogen-bond acceptors (Lipinski definition) is 4. The van der Waals surface area contributed by atoms with Crippen molar-refractivity contribution in [3.05, 3.63) is 95.9 Å². The lowest BCUT2D eigenvalue weighted by Gasteiger charge is -2.18. The Morgan fingerprint density at radius 3 is 2.59 bits per heavy atom. The number of carbonyl (C=O) groups excluding carboxylic acids is 1. The fraction of sp³-hybridized carbons (Fsp3) is 0.167. The first-order valence-corrected chi connectivity index (χ1v) is 12.5. The van der Waals surface area contributed by atoms with Crippen molar-refractivity contribution in [2.45, 2.75) is 19.0 Å². The summed E-state index contributed by atoms with van der Waals surface area (Å²) < 4.78 is 42.6. The molecule has 0 unspecified atom stereocenters. The first-order valence-electron chi connectivity index (χ1n) is 12.5. The Balaban J connectivity index is 1.26. The third-order valence-corrected chi connectivity index (χ3v) is 7.20. The molecule has 0 saturated heterocycles. The highest BCUT2D eigenvalue weighted by Crippen LogP contribution is 2.38. The molecule has 0 atom stereocenters. The summed E-state index contributed by atoms with van der Waals surface area (Å²) in [6.07, 6.45) is -0.270. The minimum absolute atomic E-state index is 0.0837. The SMILES string of the molecule is Cn1cc(-c2ccc3c(c2)CCN3C(=O)Cc2cccc(-c3ccccc3C(F)(F)F)c2)c2c(N)ncnc21. The molecule has 0 spiro atoms. The number of aryl methyl sites for hydroxylation is 1. The Hall–Kier alpha value is -4.66. The molecule has 1 amide bonds. The van der Waals surface area contributed by atoms with Crippen LogP contribution in [0, 0.1) is 0 Å². The van der Waals surface area contributed by atoms with E-state index < -0.39 is 11.7 Å². The van der Waals surface area contributed by atoms with E-state index in [0.717, 1.165) is 39.5 Å². The zero-order valence-electron chi connectivity index (χ0n) is 21.0. The maximum atomic E-state index is 13.6. The van der Waals surface area contributed by atoms with Crippen LogP contribution in [0.15, 0.2) is 79.3 Å². The zero-order chi connectivity index (χ0) is 27.3. The van der Waals surface area contributed by atoms with Crippen LogP contribution in [0.25, 0.3) is 33.3 Å². The van der Waals surface area contributed by atoms with E-state index in [1.807, 2.05) is 29.9 Å². The summed E-state index contributed by atoms with van der Waals surface area (Å²) in [6, 6.07) is 18.2. The van der Waals surface area contributed by atoms with Crippen LogP contribution >= 0.6 is 0 Å². The number of anilines is 2. The van der Waals surface area contributed by atoms with Crippen LogP contribution in [-0.4, -0.2) is 27.0 Å². The molecule has 1 aliphatic rings. The lowest BCUT2D eigenvalue weighted by Crippen LogP contribution is -2.30. The number of fused-ring (bicyclic) bond motifs is 2. The van der Waals surface area contributed by atoms with Crippen molar-refractivity contribution in [1.29, 1.82) is 0 Å². The van der Waals surface area contributed by atoms with Crippen LogP contribution in [0.2, 0.25) is 0 Å². The molecule has 39 heavy (non-hydrogen) atoms. The Bertz CT molecular complexity index is 1740. The van der Waals surface area contributed by atoms with Gasteiger partial charge in [-0.05, 0) is 52.4 Å². The first kappa shape index (κ1) is 24.7. The van der Waals surface area contributed by atoms with Crippen LogP contribution in [-0.2, 0) is 30.9 Å². The third-order valence-electron chi connectivity index (χ3n) is 7.20. The number of rotatable bonds is 4. The highest BCUT2D eigenvalue weighted by Gasteiger charge is 2.33. The van der Waals surface area contributed by atoms with Gasteiger partial charge >= 0.3 is 6.18 Å². The summed E-state index contributed by atoms with van der Waals surface area (Å²) in [5.41, 5.74) is 11.2. The molecular weight excluding hydrogens is 503 g/mol. The maximum Gasteiger partial charge on any atom is 0.417 e. The normalized spacial score (nSPS) is 13.2. The van der Waals surface area contributed by atoms with Crippen LogP contribution in [0.4, 0.5) is 24.7 Å². The minimum atomic E-state index is -4.47. The van der Waals surface area contributed by atoms with E-state index in [1.54, 1.807) is 35.2 Å². The van der Waals surface area contributed by atoms with Crippen LogP contribution in [0.5, 0.6) is 0 Å². The van der Waals surface area contributed by atoms with E-state index in [1.165, 1.54) is 18.5 Å². The van der Waals surface area contributed by atoms with Gasteiger partial charge in [-0.3, -0.25) is 4.79 Å². The van der Waals surface area contributed by atoms with Gasteiger partial charge in [-0.15, -0.1) is 0 Å². The van der Waals surface area contributed by atoms with E-state index in [2.05, 4.69) is 16.0 Å². The summed E-state index contributed by atoms with van der Waals surface area (Å²) in [7, 11) is 1.91. The summed E-state index contributed by atoms with van der Waals surface area (Å²) in [6.45, 7) is 0.537. The molecule has 2 N–H and O–H groups in total. The van der Waals surface area contributed by atoms with E-state index in [4.69, 9.17) is 5.73 Å². The van der Waals surface area contributed by atoms with Crippen molar-refractivity contribution in [3.8, 4) is 22.3 Å². The van der Waals surface area contributed by atoms with Crippen molar-refractivity contribution in [3.63, 3.8) is 0 Å². The van der Waals surface area contributed by atoms with E-state index in [-0.39, 0.29) is 17.9 Å². The van der Waals surface area contributed by atoms with Gasteiger partial charge < -0.3 is 15.2 Å². The fourth-order valence-electron chi connectivity index (χ4n) is 5.38. The molecule has 0 radical (unpaired) electrons. The van der Waals surface area contributed by atoms with Gasteiger partial charge in [-0.1, -0.05) is 48.5 Å². The molecule has 6 rings (SSSR count). The van der Waals surface area contributed by atoms with Gasteiger partial charge in [0.15, 0.2) is 0 Å². The summed E-state index contributed by atoms with van der Waals surface area (Å²) >= 11 is 0. The van der Waals surface area contributed by atoms with E-state index in [9.17, 15) is 18.0 Å². The standard InChI is InChI=1S/C30H24F3N5O/c1-37-16-23(27-28(34)35-17-36-29(27)37)20-9-10-25-21(15-20)11-12-38(25)26(39)14-18-5-4-6-19(13-18)22-7-2-3-8-24(22)30(31,32)33/h2-10,13,15-17H,11-12,14H2,1H3,(H2,34,35,36). The molecular formula is C30H24F3N5O. The molecule has 2 aromatic heterocycles. The average Bonchev–Trinajstić information content (AvgIpc) is 3.50. The molecule has 6 nitrogen and oxygen atoms in total. The highest BCUT2D eigenvalue weighted by atomic mass is 19.4. The predicted molar refractivity (Wildman–Crippen MR) is 145 cm³/mol. The third kappa shape index (κ3) is 4.39. The van der Waals surface area contributed by atoms with Gasteiger partial charge in [0.25, 0.3) is 0 Å². The van der Waals surface area contributed by atoms with Gasteiger partial charge in [0.05, 0.1) is 17.4 Å². The second-order valence-electron chi connectivity index (χ2n) is 9.67. The number of hydrogen-bond donors (Lipinski definition) is 1. The van der Waals surface area contributed by atoms with Crippen molar-refractivity contribution >= 4 is 28.4 Å². The molecule has 3 aromatic carbocycles. The number of amides is 1.